The smallest absolute Gasteiger partial charge is 0.290 e. The van der Waals surface area contributed by atoms with Crippen molar-refractivity contribution in [1.82, 2.24) is 4.90 Å². The van der Waals surface area contributed by atoms with Crippen molar-refractivity contribution >= 4 is 32.3 Å². The first-order valence-electron chi connectivity index (χ1n) is 3.24. The molecule has 11 heavy (non-hydrogen) atoms. The van der Waals surface area contributed by atoms with Gasteiger partial charge in [0.25, 0.3) is 4.82 Å². The summed E-state index contributed by atoms with van der Waals surface area (Å²) in [6.45, 7) is 7.73. The Morgan fingerprint density at radius 2 is 2.18 bits per heavy atom. The fourth-order valence-electron chi connectivity index (χ4n) is 0.633. The van der Waals surface area contributed by atoms with Crippen LogP contribution < -0.4 is 0 Å². The van der Waals surface area contributed by atoms with E-state index in [1.54, 1.807) is 4.90 Å². The van der Waals surface area contributed by atoms with E-state index < -0.39 is 0 Å². The SMILES string of the molecule is C=C(Cl)CN(C(=O)Br)C(C)C. The highest BCUT2D eigenvalue weighted by Gasteiger charge is 2.13. The van der Waals surface area contributed by atoms with Gasteiger partial charge in [0.1, 0.15) is 0 Å². The van der Waals surface area contributed by atoms with Gasteiger partial charge < -0.3 is 4.90 Å². The Bertz CT molecular complexity index is 170. The molecule has 0 spiro atoms. The monoisotopic (exact) mass is 239 g/mol. The molecule has 0 heterocycles. The summed E-state index contributed by atoms with van der Waals surface area (Å²) in [5.41, 5.74) is 0. The van der Waals surface area contributed by atoms with E-state index in [0.717, 1.165) is 0 Å². The number of nitrogens with zero attached hydrogens (tertiary/aromatic N) is 1. The first-order valence-corrected chi connectivity index (χ1v) is 4.41. The zero-order chi connectivity index (χ0) is 9.02. The normalized spacial score (nSPS) is 9.91. The molecule has 0 aromatic carbocycles. The molecule has 0 unspecified atom stereocenters. The number of hydrogen-bond acceptors (Lipinski definition) is 1. The number of rotatable bonds is 3. The van der Waals surface area contributed by atoms with E-state index in [2.05, 4.69) is 22.5 Å². The van der Waals surface area contributed by atoms with Gasteiger partial charge in [0.15, 0.2) is 0 Å². The Balaban J connectivity index is 4.12. The summed E-state index contributed by atoms with van der Waals surface area (Å²) in [5.74, 6) is 0. The third-order valence-corrected chi connectivity index (χ3v) is 1.77. The van der Waals surface area contributed by atoms with Crippen molar-refractivity contribution in [2.75, 3.05) is 6.54 Å². The second-order valence-electron chi connectivity index (χ2n) is 2.49. The van der Waals surface area contributed by atoms with Gasteiger partial charge in [0.05, 0.1) is 6.54 Å². The van der Waals surface area contributed by atoms with Crippen LogP contribution in [0, 0.1) is 0 Å². The van der Waals surface area contributed by atoms with Crippen LogP contribution in [0.4, 0.5) is 4.79 Å². The fraction of sp³-hybridized carbons (Fsp3) is 0.571. The molecule has 0 saturated heterocycles. The predicted molar refractivity (Wildman–Crippen MR) is 51.2 cm³/mol. The lowest BCUT2D eigenvalue weighted by atomic mass is 10.3. The number of carbonyl (C=O) groups is 1. The minimum Gasteiger partial charge on any atom is -0.326 e. The van der Waals surface area contributed by atoms with Crippen molar-refractivity contribution < 1.29 is 4.79 Å². The highest BCUT2D eigenvalue weighted by atomic mass is 79.9. The molecule has 0 aromatic heterocycles. The Kier molecular flexibility index (Phi) is 4.77. The maximum absolute atomic E-state index is 10.9. The third kappa shape index (κ3) is 4.43. The first-order chi connectivity index (χ1) is 4.95. The van der Waals surface area contributed by atoms with Gasteiger partial charge >= 0.3 is 0 Å². The van der Waals surface area contributed by atoms with Crippen molar-refractivity contribution in [2.24, 2.45) is 0 Å². The first kappa shape index (κ1) is 11.0. The minimum absolute atomic E-state index is 0.136. The van der Waals surface area contributed by atoms with Crippen molar-refractivity contribution in [3.63, 3.8) is 0 Å². The molecule has 0 aliphatic rings. The van der Waals surface area contributed by atoms with Crippen molar-refractivity contribution in [3.8, 4) is 0 Å². The summed E-state index contributed by atoms with van der Waals surface area (Å²) < 4.78 is 0. The van der Waals surface area contributed by atoms with Crippen LogP contribution >= 0.6 is 27.5 Å². The third-order valence-electron chi connectivity index (χ3n) is 1.19. The molecular weight excluding hydrogens is 229 g/mol. The van der Waals surface area contributed by atoms with E-state index in [0.29, 0.717) is 11.6 Å². The van der Waals surface area contributed by atoms with Gasteiger partial charge in [-0.1, -0.05) is 18.2 Å². The van der Waals surface area contributed by atoms with E-state index >= 15 is 0 Å². The Morgan fingerprint density at radius 1 is 1.73 bits per heavy atom. The summed E-state index contributed by atoms with van der Waals surface area (Å²) >= 11 is 8.41. The molecule has 0 atom stereocenters. The molecule has 64 valence electrons. The van der Waals surface area contributed by atoms with Crippen LogP contribution in [0.25, 0.3) is 0 Å². The molecule has 0 fully saturated rings. The molecule has 1 amide bonds. The topological polar surface area (TPSA) is 20.3 Å². The van der Waals surface area contributed by atoms with Gasteiger partial charge in [-0.25, -0.2) is 0 Å². The molecule has 0 aliphatic carbocycles. The van der Waals surface area contributed by atoms with E-state index in [-0.39, 0.29) is 10.9 Å². The molecular formula is C7H11BrClNO. The lowest BCUT2D eigenvalue weighted by Crippen LogP contribution is -2.33. The van der Waals surface area contributed by atoms with Crippen molar-refractivity contribution in [1.29, 1.82) is 0 Å². The number of hydrogen-bond donors (Lipinski definition) is 0. The van der Waals surface area contributed by atoms with Crippen LogP contribution in [0.15, 0.2) is 11.6 Å². The number of carbonyl (C=O) groups excluding carboxylic acids is 1. The molecule has 0 aliphatic heterocycles. The van der Waals surface area contributed by atoms with E-state index in [1.165, 1.54) is 0 Å². The molecule has 4 heteroatoms. The highest BCUT2D eigenvalue weighted by Crippen LogP contribution is 2.09. The summed E-state index contributed by atoms with van der Waals surface area (Å²) in [5, 5.41) is 0.464. The molecule has 0 aromatic rings. The molecule has 0 rings (SSSR count). The zero-order valence-corrected chi connectivity index (χ0v) is 8.94. The van der Waals surface area contributed by atoms with Crippen LogP contribution in [0.2, 0.25) is 0 Å². The maximum atomic E-state index is 10.9. The second kappa shape index (κ2) is 4.78. The molecule has 0 saturated carbocycles. The van der Waals surface area contributed by atoms with Crippen molar-refractivity contribution in [3.05, 3.63) is 11.6 Å². The average molecular weight is 241 g/mol. The van der Waals surface area contributed by atoms with E-state index in [9.17, 15) is 4.79 Å². The summed E-state index contributed by atoms with van der Waals surface area (Å²) in [6.07, 6.45) is 0. The molecule has 2 nitrogen and oxygen atoms in total. The standard InChI is InChI=1S/C7H11BrClNO/c1-5(2)10(7(8)11)4-6(3)9/h5H,3-4H2,1-2H3. The minimum atomic E-state index is -0.158. The lowest BCUT2D eigenvalue weighted by molar-refractivity contribution is 0.217. The Labute approximate surface area is 80.3 Å². The Morgan fingerprint density at radius 3 is 2.27 bits per heavy atom. The van der Waals surface area contributed by atoms with Gasteiger partial charge in [-0.05, 0) is 13.8 Å². The molecule has 0 N–H and O–H groups in total. The fourth-order valence-corrected chi connectivity index (χ4v) is 1.30. The van der Waals surface area contributed by atoms with Crippen LogP contribution in [0.5, 0.6) is 0 Å². The van der Waals surface area contributed by atoms with Gasteiger partial charge in [-0.15, -0.1) is 0 Å². The van der Waals surface area contributed by atoms with E-state index in [1.807, 2.05) is 13.8 Å². The van der Waals surface area contributed by atoms with Crippen LogP contribution in [0.1, 0.15) is 13.8 Å². The average Bonchev–Trinajstić information content (AvgIpc) is 1.81. The van der Waals surface area contributed by atoms with Crippen LogP contribution in [0.3, 0.4) is 0 Å². The quantitative estimate of drug-likeness (QED) is 0.549. The largest absolute Gasteiger partial charge is 0.326 e. The Hall–Kier alpha value is -0.0200. The van der Waals surface area contributed by atoms with Crippen LogP contribution in [-0.2, 0) is 0 Å². The van der Waals surface area contributed by atoms with Crippen molar-refractivity contribution in [2.45, 2.75) is 19.9 Å². The molecule has 0 radical (unpaired) electrons. The zero-order valence-electron chi connectivity index (χ0n) is 6.60. The maximum Gasteiger partial charge on any atom is 0.290 e. The predicted octanol–water partition coefficient (Wildman–Crippen LogP) is 2.96. The summed E-state index contributed by atoms with van der Waals surface area (Å²) in [7, 11) is 0. The van der Waals surface area contributed by atoms with E-state index in [4.69, 9.17) is 11.6 Å². The number of amides is 1. The van der Waals surface area contributed by atoms with Gasteiger partial charge in [0.2, 0.25) is 0 Å². The summed E-state index contributed by atoms with van der Waals surface area (Å²) in [4.78, 5) is 12.3. The lowest BCUT2D eigenvalue weighted by Gasteiger charge is -2.23. The number of halogens is 2. The van der Waals surface area contributed by atoms with Crippen LogP contribution in [-0.4, -0.2) is 22.3 Å². The van der Waals surface area contributed by atoms with Gasteiger partial charge in [-0.3, -0.25) is 4.79 Å². The second-order valence-corrected chi connectivity index (χ2v) is 3.70. The summed E-state index contributed by atoms with van der Waals surface area (Å²) in [6, 6.07) is 0.136. The van der Waals surface area contributed by atoms with Gasteiger partial charge in [-0.2, -0.15) is 0 Å². The highest BCUT2D eigenvalue weighted by molar-refractivity contribution is 9.18. The molecule has 0 bridgehead atoms. The van der Waals surface area contributed by atoms with Gasteiger partial charge in [0, 0.05) is 27.0 Å².